The second-order valence-electron chi connectivity index (χ2n) is 7.76. The predicted octanol–water partition coefficient (Wildman–Crippen LogP) is 3.88. The Morgan fingerprint density at radius 3 is 2.83 bits per heavy atom. The number of carbonyl (C=O) groups excluding carboxylic acids is 1. The van der Waals surface area contributed by atoms with Gasteiger partial charge in [-0.1, -0.05) is 6.58 Å². The third-order valence-electron chi connectivity index (χ3n) is 4.78. The zero-order chi connectivity index (χ0) is 21.2. The highest BCUT2D eigenvalue weighted by molar-refractivity contribution is 6.12. The first-order chi connectivity index (χ1) is 13.7. The van der Waals surface area contributed by atoms with E-state index in [0.717, 1.165) is 0 Å². The zero-order valence-corrected chi connectivity index (χ0v) is 16.6. The van der Waals surface area contributed by atoms with Gasteiger partial charge in [0.25, 0.3) is 0 Å². The van der Waals surface area contributed by atoms with Gasteiger partial charge in [0.05, 0.1) is 5.56 Å². The lowest BCUT2D eigenvalue weighted by Crippen LogP contribution is -2.52. The van der Waals surface area contributed by atoms with E-state index in [1.54, 1.807) is 26.0 Å². The number of piperazine rings is 1. The fourth-order valence-corrected chi connectivity index (χ4v) is 3.51. The number of hydrogen-bond acceptors (Lipinski definition) is 6. The molecule has 0 aliphatic carbocycles. The van der Waals surface area contributed by atoms with Crippen LogP contribution in [0.4, 0.5) is 20.4 Å². The van der Waals surface area contributed by atoms with Gasteiger partial charge in [-0.2, -0.15) is 0 Å². The van der Waals surface area contributed by atoms with Gasteiger partial charge < -0.3 is 16.0 Å². The highest BCUT2D eigenvalue weighted by Gasteiger charge is 2.28. The number of nitrogens with one attached hydrogen (secondary N) is 1. The Labute approximate surface area is 173 Å². The molecule has 1 aliphatic rings. The van der Waals surface area contributed by atoms with Crippen LogP contribution in [0.2, 0.25) is 0 Å². The van der Waals surface area contributed by atoms with E-state index in [0.29, 0.717) is 31.9 Å². The molecule has 2 aromatic rings. The maximum absolute atomic E-state index is 14.1. The third kappa shape index (κ3) is 4.95. The average molecular weight is 408 g/mol. The van der Waals surface area contributed by atoms with Crippen LogP contribution in [-0.2, 0) is 0 Å². The SMILES string of the molecule is C=C(F)c1ccc(N2CCN[C@H](CC(C)(C)F)C2)nc1C(=O)c1cccnc1N.[HH].[HH].[HH]. The lowest BCUT2D eigenvalue weighted by Gasteiger charge is -2.36. The molecule has 8 heteroatoms. The number of nitrogens with zero attached hydrogens (tertiary/aromatic N) is 3. The number of alkyl halides is 1. The summed E-state index contributed by atoms with van der Waals surface area (Å²) in [4.78, 5) is 23.3. The van der Waals surface area contributed by atoms with Crippen molar-refractivity contribution in [1.29, 1.82) is 0 Å². The van der Waals surface area contributed by atoms with Gasteiger partial charge >= 0.3 is 0 Å². The molecule has 29 heavy (non-hydrogen) atoms. The van der Waals surface area contributed by atoms with E-state index < -0.39 is 17.3 Å². The Hall–Kier alpha value is -2.87. The molecule has 160 valence electrons. The van der Waals surface area contributed by atoms with Crippen LogP contribution < -0.4 is 16.0 Å². The number of hydrogen-bond donors (Lipinski definition) is 2. The topological polar surface area (TPSA) is 84.1 Å². The van der Waals surface area contributed by atoms with Crippen LogP contribution >= 0.6 is 0 Å². The fourth-order valence-electron chi connectivity index (χ4n) is 3.51. The Morgan fingerprint density at radius 1 is 1.41 bits per heavy atom. The molecule has 1 aliphatic heterocycles. The summed E-state index contributed by atoms with van der Waals surface area (Å²) in [7, 11) is 0. The van der Waals surface area contributed by atoms with E-state index in [9.17, 15) is 13.6 Å². The molecular formula is C21H31F2N5O. The maximum Gasteiger partial charge on any atom is 0.215 e. The smallest absolute Gasteiger partial charge is 0.215 e. The molecule has 3 N–H and O–H groups in total. The van der Waals surface area contributed by atoms with Gasteiger partial charge in [-0.3, -0.25) is 4.79 Å². The summed E-state index contributed by atoms with van der Waals surface area (Å²) in [5.41, 5.74) is 4.60. The van der Waals surface area contributed by atoms with E-state index in [2.05, 4.69) is 21.9 Å². The van der Waals surface area contributed by atoms with Crippen molar-refractivity contribution in [2.45, 2.75) is 32.0 Å². The predicted molar refractivity (Wildman–Crippen MR) is 117 cm³/mol. The van der Waals surface area contributed by atoms with Crippen molar-refractivity contribution < 1.29 is 17.9 Å². The Balaban J connectivity index is 0.00000320. The summed E-state index contributed by atoms with van der Waals surface area (Å²) in [6.45, 7) is 8.21. The van der Waals surface area contributed by atoms with Gasteiger partial charge in [0.1, 0.15) is 28.8 Å². The number of nitrogen functional groups attached to an aromatic ring is 1. The molecular weight excluding hydrogens is 376 g/mol. The molecule has 0 bridgehead atoms. The quantitative estimate of drug-likeness (QED) is 0.707. The first-order valence-corrected chi connectivity index (χ1v) is 9.44. The molecule has 0 aromatic carbocycles. The molecule has 0 saturated carbocycles. The summed E-state index contributed by atoms with van der Waals surface area (Å²) in [6.07, 6.45) is 1.82. The largest absolute Gasteiger partial charge is 0.383 e. The summed E-state index contributed by atoms with van der Waals surface area (Å²) in [6, 6.07) is 6.17. The van der Waals surface area contributed by atoms with Gasteiger partial charge in [0.15, 0.2) is 0 Å². The number of ketones is 1. The first-order valence-electron chi connectivity index (χ1n) is 9.44. The van der Waals surface area contributed by atoms with Crippen molar-refractivity contribution in [3.63, 3.8) is 0 Å². The number of nitrogens with two attached hydrogens (primary N) is 1. The van der Waals surface area contributed by atoms with Gasteiger partial charge in [0.2, 0.25) is 5.78 Å². The van der Waals surface area contributed by atoms with Crippen molar-refractivity contribution in [3.8, 4) is 0 Å². The molecule has 0 amide bonds. The molecule has 6 nitrogen and oxygen atoms in total. The molecule has 3 heterocycles. The summed E-state index contributed by atoms with van der Waals surface area (Å²) >= 11 is 0. The Bertz CT molecular complexity index is 940. The van der Waals surface area contributed by atoms with E-state index in [-0.39, 0.29) is 33.0 Å². The van der Waals surface area contributed by atoms with Crippen molar-refractivity contribution >= 4 is 23.2 Å². The average Bonchev–Trinajstić information content (AvgIpc) is 2.66. The normalized spacial score (nSPS) is 17.2. The minimum atomic E-state index is -1.30. The van der Waals surface area contributed by atoms with E-state index in [4.69, 9.17) is 5.73 Å². The van der Waals surface area contributed by atoms with Crippen LogP contribution in [0.1, 0.15) is 46.2 Å². The van der Waals surface area contributed by atoms with E-state index in [1.807, 2.05) is 4.90 Å². The second kappa shape index (κ2) is 8.24. The fraction of sp³-hybridized carbons (Fsp3) is 0.381. The van der Waals surface area contributed by atoms with Crippen LogP contribution in [0.5, 0.6) is 0 Å². The van der Waals surface area contributed by atoms with Crippen molar-refractivity contribution in [1.82, 2.24) is 15.3 Å². The van der Waals surface area contributed by atoms with Gasteiger partial charge in [0, 0.05) is 41.7 Å². The van der Waals surface area contributed by atoms with E-state index in [1.165, 1.54) is 18.3 Å². The molecule has 1 fully saturated rings. The molecule has 0 unspecified atom stereocenters. The number of aromatic nitrogens is 2. The molecule has 0 radical (unpaired) electrons. The summed E-state index contributed by atoms with van der Waals surface area (Å²) in [5, 5.41) is 3.30. The molecule has 0 spiro atoms. The van der Waals surface area contributed by atoms with Crippen LogP contribution in [0.15, 0.2) is 37.0 Å². The third-order valence-corrected chi connectivity index (χ3v) is 4.78. The molecule has 3 rings (SSSR count). The number of rotatable bonds is 6. The van der Waals surface area contributed by atoms with Crippen LogP contribution in [-0.4, -0.2) is 47.1 Å². The number of anilines is 2. The second-order valence-corrected chi connectivity index (χ2v) is 7.76. The monoisotopic (exact) mass is 407 g/mol. The highest BCUT2D eigenvalue weighted by Crippen LogP contribution is 2.26. The Kier molecular flexibility index (Phi) is 5.93. The van der Waals surface area contributed by atoms with Crippen molar-refractivity contribution in [2.24, 2.45) is 0 Å². The zero-order valence-electron chi connectivity index (χ0n) is 16.6. The maximum atomic E-state index is 14.1. The van der Waals surface area contributed by atoms with Crippen molar-refractivity contribution in [2.75, 3.05) is 30.3 Å². The molecule has 1 atom stereocenters. The summed E-state index contributed by atoms with van der Waals surface area (Å²) in [5.74, 6) is -0.716. The number of pyridine rings is 2. The van der Waals surface area contributed by atoms with Gasteiger partial charge in [-0.05, 0) is 44.5 Å². The first kappa shape index (κ1) is 20.9. The minimum Gasteiger partial charge on any atom is -0.383 e. The lowest BCUT2D eigenvalue weighted by atomic mass is 9.99. The van der Waals surface area contributed by atoms with Gasteiger partial charge in [-0.15, -0.1) is 0 Å². The minimum absolute atomic E-state index is 0. The molecule has 1 saturated heterocycles. The highest BCUT2D eigenvalue weighted by atomic mass is 19.1. The Morgan fingerprint density at radius 2 is 2.17 bits per heavy atom. The number of halogens is 2. The van der Waals surface area contributed by atoms with Crippen LogP contribution in [0.3, 0.4) is 0 Å². The molecule has 2 aromatic heterocycles. The number of carbonyl (C=O) groups is 1. The van der Waals surface area contributed by atoms with Crippen molar-refractivity contribution in [3.05, 3.63) is 53.9 Å². The lowest BCUT2D eigenvalue weighted by molar-refractivity contribution is 0.103. The summed E-state index contributed by atoms with van der Waals surface area (Å²) < 4.78 is 28.0. The van der Waals surface area contributed by atoms with Gasteiger partial charge in [-0.25, -0.2) is 18.7 Å². The standard InChI is InChI=1S/C21H25F2N5O.3H2/c1-13(22)15-6-7-17(28-10-9-25-14(12-28)11-21(2,3)23)27-18(15)19(29)16-5-4-8-26-20(16)24;;;/h4-8,14,25H,1,9-12H2,2-3H3,(H2,24,26);3*1H/t14-;;;/m1.../s1. The van der Waals surface area contributed by atoms with Crippen LogP contribution in [0, 0.1) is 0 Å². The van der Waals surface area contributed by atoms with E-state index >= 15 is 0 Å². The van der Waals surface area contributed by atoms with Crippen LogP contribution in [0.25, 0.3) is 5.83 Å².